The standard InChI is InChI=1S/C27H24N4O3S/c1-33-23-11-4-3-9-21(23)31-25(24(29-27(31)35)20-8-5-6-16-28-20)22-10-7-17-30(22)19-14-12-18(13-15-19)26(32)34-2/h3-17,24-25H,1-2H3,(H,29,35)/t24-,25-/m0/s1. The van der Waals surface area contributed by atoms with Crippen LogP contribution in [0.4, 0.5) is 5.69 Å². The number of ether oxygens (including phenoxy) is 2. The van der Waals surface area contributed by atoms with E-state index in [0.717, 1.165) is 28.5 Å². The lowest BCUT2D eigenvalue weighted by Gasteiger charge is -2.30. The van der Waals surface area contributed by atoms with Crippen molar-refractivity contribution >= 4 is 29.0 Å². The quantitative estimate of drug-likeness (QED) is 0.310. The number of carbonyl (C=O) groups excluding carboxylic acids is 1. The average molecular weight is 485 g/mol. The molecule has 1 fully saturated rings. The van der Waals surface area contributed by atoms with Crippen LogP contribution in [0.2, 0.25) is 0 Å². The van der Waals surface area contributed by atoms with Crippen LogP contribution in [0.25, 0.3) is 5.69 Å². The van der Waals surface area contributed by atoms with Crippen molar-refractivity contribution in [3.8, 4) is 11.4 Å². The van der Waals surface area contributed by atoms with Gasteiger partial charge < -0.3 is 24.3 Å². The Morgan fingerprint density at radius 3 is 2.46 bits per heavy atom. The third kappa shape index (κ3) is 4.13. The molecule has 0 bridgehead atoms. The minimum absolute atomic E-state index is 0.198. The number of hydrogen-bond acceptors (Lipinski definition) is 5. The van der Waals surface area contributed by atoms with Crippen molar-refractivity contribution < 1.29 is 14.3 Å². The van der Waals surface area contributed by atoms with Gasteiger partial charge in [0.2, 0.25) is 0 Å². The number of methoxy groups -OCH3 is 2. The molecule has 3 heterocycles. The summed E-state index contributed by atoms with van der Waals surface area (Å²) in [4.78, 5) is 18.6. The lowest BCUT2D eigenvalue weighted by Crippen LogP contribution is -2.30. The Balaban J connectivity index is 1.64. The molecule has 0 saturated carbocycles. The highest BCUT2D eigenvalue weighted by atomic mass is 32.1. The molecular weight excluding hydrogens is 460 g/mol. The molecule has 1 aliphatic rings. The predicted octanol–water partition coefficient (Wildman–Crippen LogP) is 4.84. The molecule has 0 unspecified atom stereocenters. The van der Waals surface area contributed by atoms with Crippen molar-refractivity contribution in [1.82, 2.24) is 14.9 Å². The van der Waals surface area contributed by atoms with E-state index in [0.29, 0.717) is 10.7 Å². The topological polar surface area (TPSA) is 68.6 Å². The SMILES string of the molecule is COC(=O)c1ccc(-n2cccc2[C@H]2[C@H](c3ccccn3)NC(=S)N2c2ccccc2OC)cc1. The van der Waals surface area contributed by atoms with Crippen molar-refractivity contribution in [2.24, 2.45) is 0 Å². The van der Waals surface area contributed by atoms with Crippen molar-refractivity contribution in [3.63, 3.8) is 0 Å². The summed E-state index contributed by atoms with van der Waals surface area (Å²) in [5, 5.41) is 4.07. The lowest BCUT2D eigenvalue weighted by atomic mass is 10.0. The summed E-state index contributed by atoms with van der Waals surface area (Å²) in [5.74, 6) is 0.357. The first-order valence-electron chi connectivity index (χ1n) is 11.1. The number of para-hydroxylation sites is 2. The Morgan fingerprint density at radius 1 is 0.971 bits per heavy atom. The fourth-order valence-electron chi connectivity index (χ4n) is 4.49. The molecule has 0 aliphatic carbocycles. The highest BCUT2D eigenvalue weighted by Gasteiger charge is 2.43. The molecule has 8 heteroatoms. The molecule has 5 rings (SSSR count). The van der Waals surface area contributed by atoms with Crippen LogP contribution in [-0.2, 0) is 4.74 Å². The van der Waals surface area contributed by atoms with Crippen LogP contribution in [0, 0.1) is 0 Å². The Morgan fingerprint density at radius 2 is 1.74 bits per heavy atom. The number of benzene rings is 2. The van der Waals surface area contributed by atoms with Gasteiger partial charge in [-0.25, -0.2) is 4.79 Å². The molecule has 2 atom stereocenters. The van der Waals surface area contributed by atoms with Gasteiger partial charge in [-0.05, 0) is 72.9 Å². The van der Waals surface area contributed by atoms with E-state index in [-0.39, 0.29) is 18.1 Å². The van der Waals surface area contributed by atoms with Crippen LogP contribution in [0.3, 0.4) is 0 Å². The van der Waals surface area contributed by atoms with E-state index in [1.165, 1.54) is 7.11 Å². The molecule has 1 saturated heterocycles. The number of thiocarbonyl (C=S) groups is 1. The van der Waals surface area contributed by atoms with Crippen molar-refractivity contribution in [3.05, 3.63) is 108 Å². The summed E-state index contributed by atoms with van der Waals surface area (Å²) in [6, 6.07) is 24.7. The maximum Gasteiger partial charge on any atom is 0.337 e. The number of hydrogen-bond donors (Lipinski definition) is 1. The Kier molecular flexibility index (Phi) is 6.20. The van der Waals surface area contributed by atoms with Gasteiger partial charge in [0, 0.05) is 23.8 Å². The third-order valence-electron chi connectivity index (χ3n) is 6.09. The van der Waals surface area contributed by atoms with Gasteiger partial charge in [-0.1, -0.05) is 18.2 Å². The van der Waals surface area contributed by atoms with Gasteiger partial charge in [-0.15, -0.1) is 0 Å². The second kappa shape index (κ2) is 9.60. The normalized spacial score (nSPS) is 17.2. The zero-order valence-electron chi connectivity index (χ0n) is 19.3. The maximum absolute atomic E-state index is 11.9. The summed E-state index contributed by atoms with van der Waals surface area (Å²) in [5.41, 5.74) is 4.16. The van der Waals surface area contributed by atoms with Crippen molar-refractivity contribution in [2.45, 2.75) is 12.1 Å². The first-order chi connectivity index (χ1) is 17.1. The summed E-state index contributed by atoms with van der Waals surface area (Å²) >= 11 is 5.85. The van der Waals surface area contributed by atoms with Crippen LogP contribution in [0.1, 0.15) is 33.8 Å². The minimum Gasteiger partial charge on any atom is -0.495 e. The molecule has 7 nitrogen and oxygen atoms in total. The number of anilines is 1. The first kappa shape index (κ1) is 22.6. The number of esters is 1. The molecule has 0 amide bonds. The van der Waals surface area contributed by atoms with E-state index in [1.807, 2.05) is 66.9 Å². The van der Waals surface area contributed by atoms with Crippen molar-refractivity contribution in [1.29, 1.82) is 0 Å². The molecule has 2 aromatic heterocycles. The van der Waals surface area contributed by atoms with Gasteiger partial charge in [-0.2, -0.15) is 0 Å². The minimum atomic E-state index is -0.368. The molecule has 1 N–H and O–H groups in total. The summed E-state index contributed by atoms with van der Waals surface area (Å²) in [7, 11) is 3.03. The van der Waals surface area contributed by atoms with Crippen LogP contribution in [0.5, 0.6) is 5.75 Å². The smallest absolute Gasteiger partial charge is 0.337 e. The highest BCUT2D eigenvalue weighted by molar-refractivity contribution is 7.80. The lowest BCUT2D eigenvalue weighted by molar-refractivity contribution is 0.0600. The average Bonchev–Trinajstić information content (AvgIpc) is 3.53. The summed E-state index contributed by atoms with van der Waals surface area (Å²) in [6.07, 6.45) is 3.78. The Labute approximate surface area is 208 Å². The highest BCUT2D eigenvalue weighted by Crippen LogP contribution is 2.44. The fourth-order valence-corrected chi connectivity index (χ4v) is 4.83. The van der Waals surface area contributed by atoms with E-state index < -0.39 is 0 Å². The van der Waals surface area contributed by atoms with Crippen molar-refractivity contribution in [2.75, 3.05) is 19.1 Å². The largest absolute Gasteiger partial charge is 0.495 e. The van der Waals surface area contributed by atoms with Crippen LogP contribution < -0.4 is 15.0 Å². The van der Waals surface area contributed by atoms with E-state index in [2.05, 4.69) is 25.8 Å². The molecule has 0 spiro atoms. The number of carbonyl (C=O) groups is 1. The van der Waals surface area contributed by atoms with Gasteiger partial charge in [0.05, 0.1) is 37.2 Å². The molecular formula is C27H24N4O3S. The van der Waals surface area contributed by atoms with E-state index in [4.69, 9.17) is 21.7 Å². The summed E-state index contributed by atoms with van der Waals surface area (Å²) in [6.45, 7) is 0. The van der Waals surface area contributed by atoms with Crippen LogP contribution >= 0.6 is 12.2 Å². The summed E-state index contributed by atoms with van der Waals surface area (Å²) < 4.78 is 12.6. The maximum atomic E-state index is 11.9. The fraction of sp³-hybridized carbons (Fsp3) is 0.148. The molecule has 35 heavy (non-hydrogen) atoms. The van der Waals surface area contributed by atoms with Gasteiger partial charge in [0.1, 0.15) is 11.8 Å². The van der Waals surface area contributed by atoms with Gasteiger partial charge in [0.15, 0.2) is 5.11 Å². The number of nitrogens with zero attached hydrogens (tertiary/aromatic N) is 3. The first-order valence-corrected chi connectivity index (χ1v) is 11.5. The Bertz CT molecular complexity index is 1350. The zero-order valence-corrected chi connectivity index (χ0v) is 20.1. The number of pyridine rings is 1. The third-order valence-corrected chi connectivity index (χ3v) is 6.41. The van der Waals surface area contributed by atoms with Gasteiger partial charge in [0.25, 0.3) is 0 Å². The zero-order chi connectivity index (χ0) is 24.4. The molecule has 1 aliphatic heterocycles. The van der Waals surface area contributed by atoms with Crippen LogP contribution in [0.15, 0.2) is 91.3 Å². The van der Waals surface area contributed by atoms with E-state index >= 15 is 0 Å². The Hall–Kier alpha value is -4.17. The number of aromatic nitrogens is 2. The van der Waals surface area contributed by atoms with Gasteiger partial charge >= 0.3 is 5.97 Å². The predicted molar refractivity (Wildman–Crippen MR) is 138 cm³/mol. The van der Waals surface area contributed by atoms with Crippen LogP contribution in [-0.4, -0.2) is 34.9 Å². The second-order valence-electron chi connectivity index (χ2n) is 8.01. The molecule has 2 aromatic carbocycles. The molecule has 176 valence electrons. The molecule has 4 aromatic rings. The number of rotatable bonds is 6. The number of nitrogens with one attached hydrogen (secondary N) is 1. The monoisotopic (exact) mass is 484 g/mol. The second-order valence-corrected chi connectivity index (χ2v) is 8.40. The van der Waals surface area contributed by atoms with Gasteiger partial charge in [-0.3, -0.25) is 4.98 Å². The molecule has 0 radical (unpaired) electrons. The van der Waals surface area contributed by atoms with E-state index in [9.17, 15) is 4.79 Å². The van der Waals surface area contributed by atoms with E-state index in [1.54, 1.807) is 25.4 Å².